The maximum Gasteiger partial charge on any atom is 0.233 e. The first-order valence-electron chi connectivity index (χ1n) is 7.78. The lowest BCUT2D eigenvalue weighted by atomic mass is 10.3. The predicted octanol–water partition coefficient (Wildman–Crippen LogP) is 4.10. The SMILES string of the molecule is COc1ccccc1Nc1nnc(SCC(=O)N(C)Cc2cccs2)s1. The highest BCUT2D eigenvalue weighted by molar-refractivity contribution is 8.01. The second-order valence-corrected chi connectivity index (χ2v) is 8.55. The average Bonchev–Trinajstić information content (AvgIpc) is 3.32. The molecule has 3 rings (SSSR count). The number of ether oxygens (including phenoxy) is 1. The van der Waals surface area contributed by atoms with Crippen LogP contribution in [0.25, 0.3) is 0 Å². The van der Waals surface area contributed by atoms with Gasteiger partial charge in [-0.3, -0.25) is 4.79 Å². The number of carbonyl (C=O) groups excluding carboxylic acids is 1. The fourth-order valence-electron chi connectivity index (χ4n) is 2.14. The van der Waals surface area contributed by atoms with Crippen LogP contribution in [-0.4, -0.2) is 40.9 Å². The van der Waals surface area contributed by atoms with Crippen LogP contribution in [0.15, 0.2) is 46.1 Å². The number of thiophene rings is 1. The topological polar surface area (TPSA) is 67.3 Å². The second kappa shape index (κ2) is 9.02. The molecule has 0 radical (unpaired) electrons. The smallest absolute Gasteiger partial charge is 0.233 e. The van der Waals surface area contributed by atoms with Crippen LogP contribution in [0.4, 0.5) is 10.8 Å². The number of aromatic nitrogens is 2. The maximum absolute atomic E-state index is 12.3. The van der Waals surface area contributed by atoms with Gasteiger partial charge in [-0.1, -0.05) is 41.3 Å². The highest BCUT2D eigenvalue weighted by Gasteiger charge is 2.13. The van der Waals surface area contributed by atoms with Crippen molar-refractivity contribution in [1.82, 2.24) is 15.1 Å². The number of carbonyl (C=O) groups is 1. The van der Waals surface area contributed by atoms with Gasteiger partial charge in [0.15, 0.2) is 4.34 Å². The summed E-state index contributed by atoms with van der Waals surface area (Å²) in [5.74, 6) is 1.14. The molecule has 3 aromatic rings. The molecule has 1 amide bonds. The van der Waals surface area contributed by atoms with Gasteiger partial charge in [0.2, 0.25) is 11.0 Å². The Morgan fingerprint density at radius 2 is 2.12 bits per heavy atom. The zero-order valence-electron chi connectivity index (χ0n) is 14.3. The summed E-state index contributed by atoms with van der Waals surface area (Å²) in [7, 11) is 3.44. The zero-order valence-corrected chi connectivity index (χ0v) is 16.8. The summed E-state index contributed by atoms with van der Waals surface area (Å²) < 4.78 is 6.06. The fourth-order valence-corrected chi connectivity index (χ4v) is 4.60. The zero-order chi connectivity index (χ0) is 18.4. The Morgan fingerprint density at radius 1 is 1.27 bits per heavy atom. The van der Waals surface area contributed by atoms with E-state index in [1.165, 1.54) is 28.0 Å². The summed E-state index contributed by atoms with van der Waals surface area (Å²) in [6, 6.07) is 11.6. The molecule has 0 spiro atoms. The molecule has 0 aliphatic carbocycles. The number of hydrogen-bond donors (Lipinski definition) is 1. The van der Waals surface area contributed by atoms with E-state index in [9.17, 15) is 4.79 Å². The van der Waals surface area contributed by atoms with Crippen LogP contribution < -0.4 is 10.1 Å². The lowest BCUT2D eigenvalue weighted by Gasteiger charge is -2.15. The van der Waals surface area contributed by atoms with Gasteiger partial charge >= 0.3 is 0 Å². The standard InChI is InChI=1S/C17H18N4O2S3/c1-21(10-12-6-5-9-24-12)15(22)11-25-17-20-19-16(26-17)18-13-7-3-4-8-14(13)23-2/h3-9H,10-11H2,1-2H3,(H,18,19). The molecule has 2 heterocycles. The minimum atomic E-state index is 0.0674. The number of amides is 1. The van der Waals surface area contributed by atoms with E-state index in [0.29, 0.717) is 17.4 Å². The van der Waals surface area contributed by atoms with Crippen molar-refractivity contribution in [2.45, 2.75) is 10.9 Å². The Morgan fingerprint density at radius 3 is 2.88 bits per heavy atom. The van der Waals surface area contributed by atoms with Gasteiger partial charge < -0.3 is 15.0 Å². The van der Waals surface area contributed by atoms with E-state index in [1.807, 2.05) is 48.8 Å². The first-order chi connectivity index (χ1) is 12.7. The Bertz CT molecular complexity index is 851. The van der Waals surface area contributed by atoms with Crippen LogP contribution in [0.3, 0.4) is 0 Å². The van der Waals surface area contributed by atoms with Gasteiger partial charge in [0.25, 0.3) is 0 Å². The lowest BCUT2D eigenvalue weighted by Crippen LogP contribution is -2.27. The van der Waals surface area contributed by atoms with Crippen LogP contribution in [0, 0.1) is 0 Å². The second-order valence-electron chi connectivity index (χ2n) is 5.32. The number of methoxy groups -OCH3 is 1. The minimum absolute atomic E-state index is 0.0674. The van der Waals surface area contributed by atoms with Crippen molar-refractivity contribution in [2.75, 3.05) is 25.2 Å². The molecule has 1 aromatic carbocycles. The molecule has 136 valence electrons. The van der Waals surface area contributed by atoms with Crippen molar-refractivity contribution in [2.24, 2.45) is 0 Å². The Kier molecular flexibility index (Phi) is 6.48. The largest absolute Gasteiger partial charge is 0.495 e. The molecule has 9 heteroatoms. The van der Waals surface area contributed by atoms with Gasteiger partial charge in [0, 0.05) is 11.9 Å². The molecular formula is C17H18N4O2S3. The Balaban J connectivity index is 1.52. The fraction of sp³-hybridized carbons (Fsp3) is 0.235. The quantitative estimate of drug-likeness (QED) is 0.568. The molecule has 0 fully saturated rings. The number of rotatable bonds is 8. The van der Waals surface area contributed by atoms with Crippen LogP contribution in [0.1, 0.15) is 4.88 Å². The summed E-state index contributed by atoms with van der Waals surface area (Å²) in [6.45, 7) is 0.633. The molecule has 0 aliphatic heterocycles. The number of anilines is 2. The number of benzene rings is 1. The highest BCUT2D eigenvalue weighted by Crippen LogP contribution is 2.31. The molecule has 1 N–H and O–H groups in total. The molecule has 0 aliphatic rings. The van der Waals surface area contributed by atoms with Gasteiger partial charge in [-0.15, -0.1) is 21.5 Å². The third kappa shape index (κ3) is 4.96. The molecule has 0 saturated carbocycles. The van der Waals surface area contributed by atoms with E-state index in [-0.39, 0.29) is 5.91 Å². The molecule has 0 unspecified atom stereocenters. The summed E-state index contributed by atoms with van der Waals surface area (Å²) in [4.78, 5) is 15.2. The summed E-state index contributed by atoms with van der Waals surface area (Å²) in [6.07, 6.45) is 0. The van der Waals surface area contributed by atoms with Gasteiger partial charge in [0.05, 0.1) is 25.1 Å². The number of hydrogen-bond acceptors (Lipinski definition) is 8. The molecule has 6 nitrogen and oxygen atoms in total. The van der Waals surface area contributed by atoms with E-state index >= 15 is 0 Å². The third-order valence-corrected chi connectivity index (χ3v) is 6.29. The van der Waals surface area contributed by atoms with Crippen LogP contribution >= 0.6 is 34.4 Å². The van der Waals surface area contributed by atoms with Crippen molar-refractivity contribution in [3.63, 3.8) is 0 Å². The van der Waals surface area contributed by atoms with E-state index in [2.05, 4.69) is 15.5 Å². The normalized spacial score (nSPS) is 10.5. The van der Waals surface area contributed by atoms with Gasteiger partial charge in [-0.25, -0.2) is 0 Å². The van der Waals surface area contributed by atoms with E-state index in [0.717, 1.165) is 15.8 Å². The molecule has 0 bridgehead atoms. The third-order valence-electron chi connectivity index (χ3n) is 3.47. The molecule has 0 atom stereocenters. The maximum atomic E-state index is 12.3. The highest BCUT2D eigenvalue weighted by atomic mass is 32.2. The summed E-state index contributed by atoms with van der Waals surface area (Å²) in [5, 5.41) is 14.1. The van der Waals surface area contributed by atoms with Gasteiger partial charge in [-0.2, -0.15) is 0 Å². The van der Waals surface area contributed by atoms with Gasteiger partial charge in [-0.05, 0) is 23.6 Å². The van der Waals surface area contributed by atoms with Crippen molar-refractivity contribution in [1.29, 1.82) is 0 Å². The molecular weight excluding hydrogens is 388 g/mol. The van der Waals surface area contributed by atoms with E-state index in [1.54, 1.807) is 23.3 Å². The van der Waals surface area contributed by atoms with E-state index < -0.39 is 0 Å². The Hall–Kier alpha value is -2.10. The molecule has 26 heavy (non-hydrogen) atoms. The monoisotopic (exact) mass is 406 g/mol. The average molecular weight is 407 g/mol. The lowest BCUT2D eigenvalue weighted by molar-refractivity contribution is -0.127. The van der Waals surface area contributed by atoms with Crippen molar-refractivity contribution in [3.05, 3.63) is 46.7 Å². The first-order valence-corrected chi connectivity index (χ1v) is 10.5. The van der Waals surface area contributed by atoms with Crippen molar-refractivity contribution in [3.8, 4) is 5.75 Å². The predicted molar refractivity (Wildman–Crippen MR) is 108 cm³/mol. The molecule has 2 aromatic heterocycles. The van der Waals surface area contributed by atoms with Gasteiger partial charge in [0.1, 0.15) is 5.75 Å². The summed E-state index contributed by atoms with van der Waals surface area (Å²) in [5.41, 5.74) is 0.828. The summed E-state index contributed by atoms with van der Waals surface area (Å²) >= 11 is 4.46. The first kappa shape index (κ1) is 18.7. The molecule has 0 saturated heterocycles. The number of para-hydroxylation sites is 2. The Labute approximate surface area is 164 Å². The number of thioether (sulfide) groups is 1. The van der Waals surface area contributed by atoms with Crippen molar-refractivity contribution < 1.29 is 9.53 Å². The number of nitrogens with one attached hydrogen (secondary N) is 1. The van der Waals surface area contributed by atoms with Crippen molar-refractivity contribution >= 4 is 51.2 Å². The number of nitrogens with zero attached hydrogens (tertiary/aromatic N) is 3. The van der Waals surface area contributed by atoms with Crippen LogP contribution in [-0.2, 0) is 11.3 Å². The van der Waals surface area contributed by atoms with E-state index in [4.69, 9.17) is 4.74 Å². The van der Waals surface area contributed by atoms with Crippen LogP contribution in [0.2, 0.25) is 0 Å². The minimum Gasteiger partial charge on any atom is -0.495 e. The van der Waals surface area contributed by atoms with Crippen LogP contribution in [0.5, 0.6) is 5.75 Å².